The van der Waals surface area contributed by atoms with E-state index in [0.717, 1.165) is 21.4 Å². The topological polar surface area (TPSA) is 72.2 Å². The zero-order valence-corrected chi connectivity index (χ0v) is 12.7. The number of amides is 1. The molecule has 0 spiro atoms. The molecule has 0 radical (unpaired) electrons. The lowest BCUT2D eigenvalue weighted by Gasteiger charge is -2.04. The van der Waals surface area contributed by atoms with Crippen LogP contribution in [0.25, 0.3) is 4.96 Å². The highest BCUT2D eigenvalue weighted by atomic mass is 32.1. The van der Waals surface area contributed by atoms with E-state index < -0.39 is 0 Å². The third kappa shape index (κ3) is 3.28. The van der Waals surface area contributed by atoms with Gasteiger partial charge in [-0.3, -0.25) is 4.79 Å². The Hall–Kier alpha value is -2.35. The van der Waals surface area contributed by atoms with Crippen LogP contribution in [-0.4, -0.2) is 32.3 Å². The maximum absolute atomic E-state index is 12.8. The molecule has 3 aromatic rings. The number of aryl methyl sites for hydroxylation is 1. The van der Waals surface area contributed by atoms with E-state index in [9.17, 15) is 9.18 Å². The molecule has 0 aliphatic carbocycles. The second kappa shape index (κ2) is 6.18. The van der Waals surface area contributed by atoms with Crippen molar-refractivity contribution in [3.8, 4) is 0 Å². The van der Waals surface area contributed by atoms with Crippen molar-refractivity contribution in [1.29, 1.82) is 0 Å². The first-order valence-corrected chi connectivity index (χ1v) is 7.62. The molecule has 8 heteroatoms. The molecule has 0 saturated carbocycles. The molecular weight excluding hydrogens is 305 g/mol. The summed E-state index contributed by atoms with van der Waals surface area (Å²) in [5, 5.41) is 16.0. The zero-order valence-electron chi connectivity index (χ0n) is 11.9. The molecule has 1 N–H and O–H groups in total. The lowest BCUT2D eigenvalue weighted by Crippen LogP contribution is -2.27. The number of aromatic nitrogens is 4. The molecule has 2 heterocycles. The maximum Gasteiger partial charge on any atom is 0.234 e. The second-order valence-electron chi connectivity index (χ2n) is 4.84. The monoisotopic (exact) mass is 319 g/mol. The Bertz CT molecular complexity index is 795. The van der Waals surface area contributed by atoms with Gasteiger partial charge in [-0.15, -0.1) is 10.2 Å². The van der Waals surface area contributed by atoms with E-state index >= 15 is 0 Å². The van der Waals surface area contributed by atoms with Crippen LogP contribution in [0.1, 0.15) is 16.4 Å². The summed E-state index contributed by atoms with van der Waals surface area (Å²) in [5.41, 5.74) is 0.785. The highest BCUT2D eigenvalue weighted by Gasteiger charge is 2.09. The highest BCUT2D eigenvalue weighted by Crippen LogP contribution is 2.13. The van der Waals surface area contributed by atoms with Crippen LogP contribution < -0.4 is 5.32 Å². The smallest absolute Gasteiger partial charge is 0.234 e. The van der Waals surface area contributed by atoms with E-state index in [2.05, 4.69) is 20.6 Å². The molecule has 1 aromatic carbocycles. The Morgan fingerprint density at radius 2 is 2.09 bits per heavy atom. The van der Waals surface area contributed by atoms with Gasteiger partial charge in [-0.1, -0.05) is 23.5 Å². The van der Waals surface area contributed by atoms with Gasteiger partial charge in [0.1, 0.15) is 10.8 Å². The molecule has 0 saturated heterocycles. The van der Waals surface area contributed by atoms with Crippen molar-refractivity contribution >= 4 is 22.2 Å². The zero-order chi connectivity index (χ0) is 15.5. The van der Waals surface area contributed by atoms with E-state index in [0.29, 0.717) is 13.0 Å². The summed E-state index contributed by atoms with van der Waals surface area (Å²) in [5.74, 6) is 0.353. The second-order valence-corrected chi connectivity index (χ2v) is 5.88. The standard InChI is InChI=1S/C14H14FN5OS/c1-9-17-18-14-20(9)19-13(22-14)6-7-16-12(21)8-10-2-4-11(15)5-3-10/h2-5H,6-8H2,1H3,(H,16,21). The Morgan fingerprint density at radius 3 is 2.82 bits per heavy atom. The number of benzene rings is 1. The lowest BCUT2D eigenvalue weighted by atomic mass is 10.1. The van der Waals surface area contributed by atoms with E-state index in [4.69, 9.17) is 0 Å². The molecule has 0 bridgehead atoms. The molecule has 2 aromatic heterocycles. The van der Waals surface area contributed by atoms with Crippen molar-refractivity contribution in [2.24, 2.45) is 0 Å². The quantitative estimate of drug-likeness (QED) is 0.774. The SMILES string of the molecule is Cc1nnc2sc(CCNC(=O)Cc3ccc(F)cc3)nn12. The predicted octanol–water partition coefficient (Wildman–Crippen LogP) is 1.53. The molecule has 22 heavy (non-hydrogen) atoms. The van der Waals surface area contributed by atoms with Gasteiger partial charge in [-0.2, -0.15) is 9.61 Å². The van der Waals surface area contributed by atoms with Gasteiger partial charge in [0, 0.05) is 13.0 Å². The molecule has 0 unspecified atom stereocenters. The highest BCUT2D eigenvalue weighted by molar-refractivity contribution is 7.16. The normalized spacial score (nSPS) is 11.0. The first-order chi connectivity index (χ1) is 10.6. The molecule has 114 valence electrons. The third-order valence-electron chi connectivity index (χ3n) is 3.13. The van der Waals surface area contributed by atoms with Gasteiger partial charge in [0.05, 0.1) is 6.42 Å². The van der Waals surface area contributed by atoms with Gasteiger partial charge in [0.25, 0.3) is 0 Å². The molecule has 1 amide bonds. The molecule has 0 atom stereocenters. The van der Waals surface area contributed by atoms with E-state index in [1.807, 2.05) is 6.92 Å². The predicted molar refractivity (Wildman–Crippen MR) is 80.2 cm³/mol. The third-order valence-corrected chi connectivity index (χ3v) is 4.09. The molecule has 0 fully saturated rings. The van der Waals surface area contributed by atoms with Gasteiger partial charge >= 0.3 is 0 Å². The Morgan fingerprint density at radius 1 is 1.32 bits per heavy atom. The van der Waals surface area contributed by atoms with Gasteiger partial charge in [0.15, 0.2) is 5.82 Å². The summed E-state index contributed by atoms with van der Waals surface area (Å²) >= 11 is 1.46. The number of hydrogen-bond donors (Lipinski definition) is 1. The first-order valence-electron chi connectivity index (χ1n) is 6.80. The van der Waals surface area contributed by atoms with Gasteiger partial charge in [-0.25, -0.2) is 4.39 Å². The number of hydrogen-bond acceptors (Lipinski definition) is 5. The Balaban J connectivity index is 1.49. The van der Waals surface area contributed by atoms with Crippen LogP contribution in [0.5, 0.6) is 0 Å². The summed E-state index contributed by atoms with van der Waals surface area (Å²) in [7, 11) is 0. The van der Waals surface area contributed by atoms with E-state index in [-0.39, 0.29) is 18.1 Å². The minimum atomic E-state index is -0.303. The van der Waals surface area contributed by atoms with Crippen LogP contribution in [0.4, 0.5) is 4.39 Å². The minimum Gasteiger partial charge on any atom is -0.355 e. The largest absolute Gasteiger partial charge is 0.355 e. The molecular formula is C14H14FN5OS. The number of rotatable bonds is 5. The van der Waals surface area contributed by atoms with Crippen molar-refractivity contribution in [3.05, 3.63) is 46.5 Å². The number of halogens is 1. The Kier molecular flexibility index (Phi) is 4.10. The molecule has 3 rings (SSSR count). The fraction of sp³-hybridized carbons (Fsp3) is 0.286. The maximum atomic E-state index is 12.8. The number of nitrogens with zero attached hydrogens (tertiary/aromatic N) is 4. The summed E-state index contributed by atoms with van der Waals surface area (Å²) in [6.45, 7) is 2.34. The minimum absolute atomic E-state index is 0.0919. The van der Waals surface area contributed by atoms with E-state index in [1.54, 1.807) is 16.6 Å². The van der Waals surface area contributed by atoms with Crippen molar-refractivity contribution in [1.82, 2.24) is 25.1 Å². The fourth-order valence-electron chi connectivity index (χ4n) is 2.01. The van der Waals surface area contributed by atoms with Crippen molar-refractivity contribution < 1.29 is 9.18 Å². The average molecular weight is 319 g/mol. The van der Waals surface area contributed by atoms with Crippen LogP contribution in [0, 0.1) is 12.7 Å². The van der Waals surface area contributed by atoms with Gasteiger partial charge < -0.3 is 5.32 Å². The van der Waals surface area contributed by atoms with Crippen LogP contribution in [0.3, 0.4) is 0 Å². The lowest BCUT2D eigenvalue weighted by molar-refractivity contribution is -0.120. The molecule has 0 aliphatic heterocycles. The van der Waals surface area contributed by atoms with Crippen molar-refractivity contribution in [2.75, 3.05) is 6.54 Å². The van der Waals surface area contributed by atoms with Crippen LogP contribution in [-0.2, 0) is 17.6 Å². The summed E-state index contributed by atoms with van der Waals surface area (Å²) in [4.78, 5) is 12.6. The average Bonchev–Trinajstić information content (AvgIpc) is 3.04. The molecule has 6 nitrogen and oxygen atoms in total. The summed E-state index contributed by atoms with van der Waals surface area (Å²) in [6.07, 6.45) is 0.882. The van der Waals surface area contributed by atoms with E-state index in [1.165, 1.54) is 23.5 Å². The number of nitrogens with one attached hydrogen (secondary N) is 1. The van der Waals surface area contributed by atoms with Crippen LogP contribution >= 0.6 is 11.3 Å². The van der Waals surface area contributed by atoms with Gasteiger partial charge in [-0.05, 0) is 24.6 Å². The van der Waals surface area contributed by atoms with Crippen LogP contribution in [0.2, 0.25) is 0 Å². The number of fused-ring (bicyclic) bond motifs is 1. The van der Waals surface area contributed by atoms with Crippen molar-refractivity contribution in [3.63, 3.8) is 0 Å². The Labute approximate surface area is 130 Å². The molecule has 0 aliphatic rings. The number of carbonyl (C=O) groups is 1. The summed E-state index contributed by atoms with van der Waals surface area (Å²) in [6, 6.07) is 5.93. The first kappa shape index (κ1) is 14.6. The summed E-state index contributed by atoms with van der Waals surface area (Å²) < 4.78 is 14.5. The van der Waals surface area contributed by atoms with Crippen LogP contribution in [0.15, 0.2) is 24.3 Å². The number of carbonyl (C=O) groups excluding carboxylic acids is 1. The fourth-order valence-corrected chi connectivity index (χ4v) is 2.89. The van der Waals surface area contributed by atoms with Crippen molar-refractivity contribution in [2.45, 2.75) is 19.8 Å². The van der Waals surface area contributed by atoms with Gasteiger partial charge in [0.2, 0.25) is 10.9 Å².